The summed E-state index contributed by atoms with van der Waals surface area (Å²) in [5, 5.41) is 12.2. The van der Waals surface area contributed by atoms with Gasteiger partial charge >= 0.3 is 6.09 Å². The lowest BCUT2D eigenvalue weighted by Gasteiger charge is -2.36. The number of tetrazole rings is 1. The van der Waals surface area contributed by atoms with Crippen LogP contribution in [0, 0.1) is 6.92 Å². The van der Waals surface area contributed by atoms with E-state index < -0.39 is 5.60 Å². The minimum Gasteiger partial charge on any atom is -0.444 e. The number of rotatable bonds is 1. The summed E-state index contributed by atoms with van der Waals surface area (Å²) in [5.41, 5.74) is 2.85. The molecule has 1 fully saturated rings. The van der Waals surface area contributed by atoms with Crippen molar-refractivity contribution in [2.45, 2.75) is 33.3 Å². The third-order valence-electron chi connectivity index (χ3n) is 4.53. The van der Waals surface area contributed by atoms with Crippen LogP contribution in [-0.4, -0.2) is 67.8 Å². The number of benzene rings is 1. The second-order valence-corrected chi connectivity index (χ2v) is 8.77. The second kappa shape index (κ2) is 6.84. The fourth-order valence-electron chi connectivity index (χ4n) is 3.27. The summed E-state index contributed by atoms with van der Waals surface area (Å²) in [5.74, 6) is 0.714. The number of ether oxygens (including phenoxy) is 1. The van der Waals surface area contributed by atoms with E-state index in [1.54, 1.807) is 9.42 Å². The van der Waals surface area contributed by atoms with E-state index in [0.717, 1.165) is 21.1 Å². The minimum absolute atomic E-state index is 0.286. The number of aromatic nitrogens is 5. The molecule has 0 aliphatic carbocycles. The Kier molecular flexibility index (Phi) is 4.60. The van der Waals surface area contributed by atoms with Gasteiger partial charge in [0, 0.05) is 30.7 Å². The number of hydrogen-bond donors (Lipinski definition) is 0. The van der Waals surface area contributed by atoms with E-state index in [-0.39, 0.29) is 6.09 Å². The van der Waals surface area contributed by atoms with Gasteiger partial charge in [0.1, 0.15) is 11.1 Å². The van der Waals surface area contributed by atoms with Gasteiger partial charge in [0.15, 0.2) is 5.82 Å². The Hall–Kier alpha value is -2.49. The van der Waals surface area contributed by atoms with Crippen molar-refractivity contribution < 1.29 is 9.53 Å². The largest absolute Gasteiger partial charge is 0.444 e. The van der Waals surface area contributed by atoms with E-state index in [4.69, 9.17) is 9.72 Å². The molecule has 1 aliphatic heterocycles. The predicted octanol–water partition coefficient (Wildman–Crippen LogP) is 2.80. The molecule has 2 aromatic heterocycles. The average molecular weight is 448 g/mol. The molecule has 0 atom stereocenters. The van der Waals surface area contributed by atoms with Gasteiger partial charge in [0.2, 0.25) is 5.65 Å². The van der Waals surface area contributed by atoms with Crippen molar-refractivity contribution in [1.82, 2.24) is 29.9 Å². The monoisotopic (exact) mass is 447 g/mol. The first-order chi connectivity index (χ1) is 13.2. The standard InChI is InChI=1S/C18H22BrN7O2/c1-11-9-12(19)14-13(10-11)26-16(21-22-23-26)15(20-14)24-5-7-25(8-6-24)17(27)28-18(2,3)4/h9-10H,5-8H2,1-4H3. The van der Waals surface area contributed by atoms with Gasteiger partial charge in [0.25, 0.3) is 0 Å². The zero-order valence-corrected chi connectivity index (χ0v) is 17.9. The molecule has 10 heteroatoms. The molecule has 0 N–H and O–H groups in total. The fraction of sp³-hybridized carbons (Fsp3) is 0.500. The normalized spacial score (nSPS) is 15.5. The van der Waals surface area contributed by atoms with Crippen LogP contribution in [0.3, 0.4) is 0 Å². The van der Waals surface area contributed by atoms with Gasteiger partial charge in [-0.2, -0.15) is 4.52 Å². The highest BCUT2D eigenvalue weighted by Gasteiger charge is 2.28. The van der Waals surface area contributed by atoms with E-state index in [1.807, 2.05) is 39.8 Å². The molecular formula is C18H22BrN7O2. The van der Waals surface area contributed by atoms with Crippen molar-refractivity contribution in [3.05, 3.63) is 22.2 Å². The number of carbonyl (C=O) groups is 1. The first-order valence-electron chi connectivity index (χ1n) is 9.14. The maximum atomic E-state index is 12.3. The predicted molar refractivity (Wildman–Crippen MR) is 109 cm³/mol. The number of anilines is 1. The number of nitrogens with zero attached hydrogens (tertiary/aromatic N) is 7. The fourth-order valence-corrected chi connectivity index (χ4v) is 3.93. The second-order valence-electron chi connectivity index (χ2n) is 7.92. The number of fused-ring (bicyclic) bond motifs is 3. The highest BCUT2D eigenvalue weighted by atomic mass is 79.9. The van der Waals surface area contributed by atoms with Gasteiger partial charge in [-0.05, 0) is 71.7 Å². The molecule has 1 aliphatic rings. The first-order valence-corrected chi connectivity index (χ1v) is 9.93. The molecule has 3 heterocycles. The highest BCUT2D eigenvalue weighted by Crippen LogP contribution is 2.29. The molecule has 1 amide bonds. The van der Waals surface area contributed by atoms with Gasteiger partial charge in [-0.1, -0.05) is 0 Å². The summed E-state index contributed by atoms with van der Waals surface area (Å²) in [7, 11) is 0. The highest BCUT2D eigenvalue weighted by molar-refractivity contribution is 9.10. The number of carbonyl (C=O) groups excluding carboxylic acids is 1. The lowest BCUT2D eigenvalue weighted by atomic mass is 10.2. The molecule has 1 saturated heterocycles. The number of amides is 1. The van der Waals surface area contributed by atoms with E-state index in [1.165, 1.54) is 0 Å². The average Bonchev–Trinajstić information content (AvgIpc) is 3.10. The van der Waals surface area contributed by atoms with Crippen LogP contribution in [-0.2, 0) is 4.74 Å². The van der Waals surface area contributed by atoms with Crippen LogP contribution >= 0.6 is 15.9 Å². The molecule has 0 unspecified atom stereocenters. The Bertz CT molecular complexity index is 1050. The zero-order valence-electron chi connectivity index (χ0n) is 16.3. The minimum atomic E-state index is -0.502. The number of halogens is 1. The molecule has 9 nitrogen and oxygen atoms in total. The van der Waals surface area contributed by atoms with Crippen LogP contribution in [0.2, 0.25) is 0 Å². The van der Waals surface area contributed by atoms with Gasteiger partial charge in [-0.25, -0.2) is 9.78 Å². The Morgan fingerprint density at radius 1 is 1.18 bits per heavy atom. The molecule has 28 heavy (non-hydrogen) atoms. The van der Waals surface area contributed by atoms with Crippen molar-refractivity contribution in [2.24, 2.45) is 0 Å². The van der Waals surface area contributed by atoms with Crippen molar-refractivity contribution >= 4 is 44.5 Å². The molecule has 148 valence electrons. The summed E-state index contributed by atoms with van der Waals surface area (Å²) < 4.78 is 8.09. The number of hydrogen-bond acceptors (Lipinski definition) is 7. The Morgan fingerprint density at radius 3 is 2.57 bits per heavy atom. The van der Waals surface area contributed by atoms with E-state index >= 15 is 0 Å². The van der Waals surface area contributed by atoms with Gasteiger partial charge in [0.05, 0.1) is 5.52 Å². The van der Waals surface area contributed by atoms with Gasteiger partial charge < -0.3 is 14.5 Å². The van der Waals surface area contributed by atoms with Crippen molar-refractivity contribution in [1.29, 1.82) is 0 Å². The summed E-state index contributed by atoms with van der Waals surface area (Å²) in [6.07, 6.45) is -0.286. The van der Waals surface area contributed by atoms with Crippen molar-refractivity contribution in [3.63, 3.8) is 0 Å². The molecule has 4 rings (SSSR count). The first kappa shape index (κ1) is 18.9. The van der Waals surface area contributed by atoms with Crippen LogP contribution in [0.25, 0.3) is 16.7 Å². The molecule has 0 saturated carbocycles. The van der Waals surface area contributed by atoms with Crippen LogP contribution in [0.5, 0.6) is 0 Å². The topological polar surface area (TPSA) is 88.8 Å². The lowest BCUT2D eigenvalue weighted by Crippen LogP contribution is -2.50. The van der Waals surface area contributed by atoms with E-state index in [0.29, 0.717) is 37.6 Å². The molecule has 0 radical (unpaired) electrons. The summed E-state index contributed by atoms with van der Waals surface area (Å²) in [6.45, 7) is 9.99. The third kappa shape index (κ3) is 3.48. The smallest absolute Gasteiger partial charge is 0.410 e. The quantitative estimate of drug-likeness (QED) is 0.566. The van der Waals surface area contributed by atoms with Crippen LogP contribution in [0.4, 0.5) is 10.6 Å². The SMILES string of the molecule is Cc1cc(Br)c2nc(N3CCN(C(=O)OC(C)(C)C)CC3)c3nnnn3c2c1. The van der Waals surface area contributed by atoms with Gasteiger partial charge in [-0.15, -0.1) is 5.10 Å². The molecule has 0 bridgehead atoms. The summed E-state index contributed by atoms with van der Waals surface area (Å²) >= 11 is 3.60. The number of aryl methyl sites for hydroxylation is 1. The van der Waals surface area contributed by atoms with Crippen LogP contribution < -0.4 is 4.90 Å². The van der Waals surface area contributed by atoms with Crippen molar-refractivity contribution in [2.75, 3.05) is 31.1 Å². The Labute approximate surface area is 170 Å². The maximum Gasteiger partial charge on any atom is 0.410 e. The third-order valence-corrected chi connectivity index (χ3v) is 5.14. The lowest BCUT2D eigenvalue weighted by molar-refractivity contribution is 0.0240. The van der Waals surface area contributed by atoms with Crippen molar-refractivity contribution in [3.8, 4) is 0 Å². The molecule has 0 spiro atoms. The summed E-state index contributed by atoms with van der Waals surface area (Å²) in [4.78, 5) is 21.0. The van der Waals surface area contributed by atoms with E-state index in [9.17, 15) is 4.79 Å². The zero-order chi connectivity index (χ0) is 20.1. The van der Waals surface area contributed by atoms with Crippen LogP contribution in [0.15, 0.2) is 16.6 Å². The molecular weight excluding hydrogens is 426 g/mol. The maximum absolute atomic E-state index is 12.3. The Balaban J connectivity index is 1.63. The Morgan fingerprint density at radius 2 is 1.89 bits per heavy atom. The van der Waals surface area contributed by atoms with Crippen LogP contribution in [0.1, 0.15) is 26.3 Å². The van der Waals surface area contributed by atoms with E-state index in [2.05, 4.69) is 36.4 Å². The summed E-state index contributed by atoms with van der Waals surface area (Å²) in [6, 6.07) is 4.04. The molecule has 1 aromatic carbocycles. The molecule has 3 aromatic rings. The van der Waals surface area contributed by atoms with Gasteiger partial charge in [-0.3, -0.25) is 0 Å². The number of piperazine rings is 1.